The smallest absolute Gasteiger partial charge is 0.301 e. The predicted octanol–water partition coefficient (Wildman–Crippen LogP) is 5.97. The van der Waals surface area contributed by atoms with Crippen LogP contribution < -0.4 is 23.8 Å². The van der Waals surface area contributed by atoms with Crippen molar-refractivity contribution in [2.45, 2.75) is 19.9 Å². The van der Waals surface area contributed by atoms with Crippen LogP contribution in [0, 0.1) is 6.92 Å². The van der Waals surface area contributed by atoms with Crippen LogP contribution in [0.4, 0.5) is 5.13 Å². The van der Waals surface area contributed by atoms with E-state index in [4.69, 9.17) is 23.9 Å². The first kappa shape index (κ1) is 27.3. The highest BCUT2D eigenvalue weighted by molar-refractivity contribution is 7.22. The second kappa shape index (κ2) is 11.2. The van der Waals surface area contributed by atoms with Crippen molar-refractivity contribution in [3.05, 3.63) is 89.5 Å². The van der Waals surface area contributed by atoms with Gasteiger partial charge in [-0.2, -0.15) is 0 Å². The minimum absolute atomic E-state index is 0.0747. The van der Waals surface area contributed by atoms with Crippen LogP contribution in [-0.4, -0.2) is 48.2 Å². The number of carbonyl (C=O) groups excluding carboxylic acids is 2. The van der Waals surface area contributed by atoms with Crippen molar-refractivity contribution in [2.75, 3.05) is 31.3 Å². The number of nitrogens with zero attached hydrogens (tertiary/aromatic N) is 2. The summed E-state index contributed by atoms with van der Waals surface area (Å²) in [5, 5.41) is 12.0. The zero-order chi connectivity index (χ0) is 29.4. The van der Waals surface area contributed by atoms with E-state index in [1.165, 1.54) is 16.2 Å². The van der Waals surface area contributed by atoms with Crippen LogP contribution in [-0.2, 0) is 9.59 Å². The number of aliphatic hydroxyl groups is 1. The maximum absolute atomic E-state index is 13.7. The minimum Gasteiger partial charge on any atom is -0.507 e. The fourth-order valence-electron chi connectivity index (χ4n) is 5.05. The van der Waals surface area contributed by atoms with Gasteiger partial charge in [-0.05, 0) is 67.4 Å². The Labute approximate surface area is 246 Å². The number of rotatable bonds is 8. The van der Waals surface area contributed by atoms with Crippen LogP contribution in [0.1, 0.15) is 29.7 Å². The minimum atomic E-state index is -0.993. The summed E-state index contributed by atoms with van der Waals surface area (Å²) in [6, 6.07) is 14.9. The molecule has 0 radical (unpaired) electrons. The van der Waals surface area contributed by atoms with Crippen LogP contribution >= 0.6 is 11.3 Å². The lowest BCUT2D eigenvalue weighted by molar-refractivity contribution is -0.132. The third-order valence-corrected chi connectivity index (χ3v) is 7.96. The molecule has 2 aliphatic rings. The van der Waals surface area contributed by atoms with Gasteiger partial charge in [0.05, 0.1) is 28.4 Å². The number of aromatic nitrogens is 1. The van der Waals surface area contributed by atoms with Crippen molar-refractivity contribution in [1.29, 1.82) is 0 Å². The van der Waals surface area contributed by atoms with Crippen molar-refractivity contribution in [2.24, 2.45) is 0 Å². The van der Waals surface area contributed by atoms with E-state index in [2.05, 4.69) is 6.58 Å². The fourth-order valence-corrected chi connectivity index (χ4v) is 6.14. The van der Waals surface area contributed by atoms with Gasteiger partial charge < -0.3 is 24.1 Å². The zero-order valence-electron chi connectivity index (χ0n) is 23.1. The Hall–Kier alpha value is -4.83. The van der Waals surface area contributed by atoms with Crippen LogP contribution in [0.2, 0.25) is 0 Å². The third-order valence-electron chi connectivity index (χ3n) is 6.94. The van der Waals surface area contributed by atoms with E-state index in [9.17, 15) is 14.7 Å². The van der Waals surface area contributed by atoms with E-state index in [-0.39, 0.29) is 17.9 Å². The molecule has 1 N–H and O–H groups in total. The largest absolute Gasteiger partial charge is 0.507 e. The standard InChI is InChI=1S/C32H28N2O7S/c1-4-12-39-22-10-7-19(16-24(22)38-5-2)28-27(29(35)20-8-11-23-25(17-20)41-14-13-40-23)30(36)31(37)34(28)32-33-21-9-6-18(3)15-26(21)42-32/h4,6-11,15-17,28,35H,1,5,12-14H2,2-3H3/b29-27+/t28-/m0/s1. The van der Waals surface area contributed by atoms with Crippen molar-refractivity contribution in [1.82, 2.24) is 4.98 Å². The van der Waals surface area contributed by atoms with E-state index in [1.54, 1.807) is 42.5 Å². The molecule has 1 fully saturated rings. The molecule has 214 valence electrons. The molecule has 42 heavy (non-hydrogen) atoms. The Bertz CT molecular complexity index is 1760. The SMILES string of the molecule is C=CCOc1ccc([C@H]2/C(=C(\O)c3ccc4c(c3)OCCO4)C(=O)C(=O)N2c2nc3ccc(C)cc3s2)cc1OCC. The van der Waals surface area contributed by atoms with Gasteiger partial charge in [0.25, 0.3) is 5.78 Å². The number of ether oxygens (including phenoxy) is 4. The normalized spacial score (nSPS) is 17.5. The van der Waals surface area contributed by atoms with Crippen LogP contribution in [0.15, 0.2) is 72.8 Å². The van der Waals surface area contributed by atoms with Gasteiger partial charge >= 0.3 is 5.91 Å². The molecule has 0 unspecified atom stereocenters. The molecule has 9 nitrogen and oxygen atoms in total. The number of Topliss-reactive ketones (excluding diaryl/α,β-unsaturated/α-hetero) is 1. The first-order chi connectivity index (χ1) is 20.4. The Morgan fingerprint density at radius 2 is 1.88 bits per heavy atom. The van der Waals surface area contributed by atoms with Gasteiger partial charge in [-0.1, -0.05) is 36.1 Å². The topological polar surface area (TPSA) is 107 Å². The molecular formula is C32H28N2O7S. The summed E-state index contributed by atoms with van der Waals surface area (Å²) in [5.74, 6) is -0.0511. The molecule has 3 heterocycles. The zero-order valence-corrected chi connectivity index (χ0v) is 23.9. The van der Waals surface area contributed by atoms with Crippen LogP contribution in [0.25, 0.3) is 16.0 Å². The second-order valence-electron chi connectivity index (χ2n) is 9.73. The summed E-state index contributed by atoms with van der Waals surface area (Å²) in [7, 11) is 0. The molecule has 0 aliphatic carbocycles. The summed E-state index contributed by atoms with van der Waals surface area (Å²) in [6.45, 7) is 8.93. The highest BCUT2D eigenvalue weighted by Gasteiger charge is 2.48. The lowest BCUT2D eigenvalue weighted by atomic mass is 9.95. The number of hydrogen-bond donors (Lipinski definition) is 1. The Morgan fingerprint density at radius 3 is 2.67 bits per heavy atom. The quantitative estimate of drug-likeness (QED) is 0.117. The van der Waals surface area contributed by atoms with Crippen LogP contribution in [0.5, 0.6) is 23.0 Å². The summed E-state index contributed by atoms with van der Waals surface area (Å²) in [4.78, 5) is 33.5. The van der Waals surface area contributed by atoms with Gasteiger partial charge in [0.1, 0.15) is 25.6 Å². The number of amides is 1. The molecule has 0 spiro atoms. The molecule has 3 aromatic carbocycles. The molecule has 1 saturated heterocycles. The second-order valence-corrected chi connectivity index (χ2v) is 10.7. The molecule has 10 heteroatoms. The molecule has 1 atom stereocenters. The first-order valence-corrected chi connectivity index (χ1v) is 14.3. The average molecular weight is 585 g/mol. The number of thiazole rings is 1. The van der Waals surface area contributed by atoms with E-state index in [0.717, 1.165) is 10.3 Å². The van der Waals surface area contributed by atoms with E-state index in [1.807, 2.05) is 32.0 Å². The van der Waals surface area contributed by atoms with Gasteiger partial charge in [-0.3, -0.25) is 14.5 Å². The van der Waals surface area contributed by atoms with Gasteiger partial charge in [-0.25, -0.2) is 4.98 Å². The molecule has 6 rings (SSSR count). The fraction of sp³-hybridized carbons (Fsp3) is 0.219. The number of benzene rings is 3. The van der Waals surface area contributed by atoms with Crippen molar-refractivity contribution in [3.8, 4) is 23.0 Å². The van der Waals surface area contributed by atoms with Gasteiger partial charge in [0, 0.05) is 5.56 Å². The molecule has 1 amide bonds. The lowest BCUT2D eigenvalue weighted by Crippen LogP contribution is -2.29. The summed E-state index contributed by atoms with van der Waals surface area (Å²) < 4.78 is 23.8. The summed E-state index contributed by atoms with van der Waals surface area (Å²) in [6.07, 6.45) is 1.63. The number of hydrogen-bond acceptors (Lipinski definition) is 9. The number of ketones is 1. The highest BCUT2D eigenvalue weighted by atomic mass is 32.1. The lowest BCUT2D eigenvalue weighted by Gasteiger charge is -2.24. The molecule has 4 aromatic rings. The van der Waals surface area contributed by atoms with E-state index >= 15 is 0 Å². The summed E-state index contributed by atoms with van der Waals surface area (Å²) in [5.41, 5.74) is 2.54. The monoisotopic (exact) mass is 584 g/mol. The number of carbonyl (C=O) groups is 2. The number of fused-ring (bicyclic) bond motifs is 2. The molecule has 0 saturated carbocycles. The maximum atomic E-state index is 13.7. The summed E-state index contributed by atoms with van der Waals surface area (Å²) >= 11 is 1.30. The molecule has 2 aliphatic heterocycles. The Morgan fingerprint density at radius 1 is 1.07 bits per heavy atom. The van der Waals surface area contributed by atoms with Crippen molar-refractivity contribution < 1.29 is 33.6 Å². The number of anilines is 1. The Kier molecular flexibility index (Phi) is 7.30. The van der Waals surface area contributed by atoms with Gasteiger partial charge in [0.2, 0.25) is 0 Å². The predicted molar refractivity (Wildman–Crippen MR) is 160 cm³/mol. The van der Waals surface area contributed by atoms with E-state index < -0.39 is 17.7 Å². The number of aryl methyl sites for hydroxylation is 1. The molecular weight excluding hydrogens is 556 g/mol. The third kappa shape index (κ3) is 4.83. The average Bonchev–Trinajstić information content (AvgIpc) is 3.53. The Balaban J connectivity index is 1.54. The van der Waals surface area contributed by atoms with Gasteiger partial charge in [0.15, 0.2) is 28.1 Å². The van der Waals surface area contributed by atoms with Crippen LogP contribution in [0.3, 0.4) is 0 Å². The van der Waals surface area contributed by atoms with Gasteiger partial charge in [-0.15, -0.1) is 0 Å². The maximum Gasteiger partial charge on any atom is 0.301 e. The van der Waals surface area contributed by atoms with Crippen molar-refractivity contribution in [3.63, 3.8) is 0 Å². The number of aliphatic hydroxyl groups excluding tert-OH is 1. The van der Waals surface area contributed by atoms with Crippen molar-refractivity contribution >= 4 is 44.1 Å². The molecule has 1 aromatic heterocycles. The van der Waals surface area contributed by atoms with E-state index in [0.29, 0.717) is 64.6 Å². The highest BCUT2D eigenvalue weighted by Crippen LogP contribution is 2.46. The molecule has 0 bridgehead atoms. The first-order valence-electron chi connectivity index (χ1n) is 13.5.